The maximum atomic E-state index is 6.17. The van der Waals surface area contributed by atoms with Crippen LogP contribution in [0.25, 0.3) is 0 Å². The number of anilines is 2. The van der Waals surface area contributed by atoms with Gasteiger partial charge in [0.15, 0.2) is 0 Å². The van der Waals surface area contributed by atoms with Crippen molar-refractivity contribution in [3.8, 4) is 0 Å². The summed E-state index contributed by atoms with van der Waals surface area (Å²) in [6.07, 6.45) is 0.783. The second kappa shape index (κ2) is 8.91. The fourth-order valence-corrected chi connectivity index (χ4v) is 2.58. The van der Waals surface area contributed by atoms with Gasteiger partial charge in [-0.25, -0.2) is 9.97 Å². The number of benzene rings is 1. The Labute approximate surface area is 146 Å². The highest BCUT2D eigenvalue weighted by molar-refractivity contribution is 6.35. The van der Waals surface area contributed by atoms with E-state index in [1.807, 2.05) is 25.1 Å². The molecule has 1 aromatic carbocycles. The van der Waals surface area contributed by atoms with E-state index in [1.165, 1.54) is 0 Å². The Bertz CT molecular complexity index is 652. The van der Waals surface area contributed by atoms with Crippen molar-refractivity contribution in [2.45, 2.75) is 13.3 Å². The van der Waals surface area contributed by atoms with E-state index in [0.29, 0.717) is 29.0 Å². The quantitative estimate of drug-likeness (QED) is 0.706. The van der Waals surface area contributed by atoms with E-state index < -0.39 is 0 Å². The van der Waals surface area contributed by atoms with Crippen molar-refractivity contribution in [3.63, 3.8) is 0 Å². The van der Waals surface area contributed by atoms with Crippen LogP contribution in [0.15, 0.2) is 24.3 Å². The molecule has 0 unspecified atom stereocenters. The van der Waals surface area contributed by atoms with Gasteiger partial charge >= 0.3 is 0 Å². The van der Waals surface area contributed by atoms with E-state index in [1.54, 1.807) is 13.2 Å². The summed E-state index contributed by atoms with van der Waals surface area (Å²) in [5.74, 6) is 2.27. The second-order valence-corrected chi connectivity index (χ2v) is 5.86. The second-order valence-electron chi connectivity index (χ2n) is 5.02. The first-order valence-electron chi connectivity index (χ1n) is 7.35. The number of ether oxygens (including phenoxy) is 1. The van der Waals surface area contributed by atoms with Crippen LogP contribution in [0.1, 0.15) is 11.4 Å². The molecule has 5 nitrogen and oxygen atoms in total. The van der Waals surface area contributed by atoms with Crippen molar-refractivity contribution in [1.82, 2.24) is 9.97 Å². The lowest BCUT2D eigenvalue weighted by molar-refractivity contribution is 0.210. The molecule has 7 heteroatoms. The van der Waals surface area contributed by atoms with Gasteiger partial charge in [0.25, 0.3) is 0 Å². The highest BCUT2D eigenvalue weighted by Crippen LogP contribution is 2.21. The Hall–Kier alpha value is -1.56. The van der Waals surface area contributed by atoms with Gasteiger partial charge < -0.3 is 15.4 Å². The highest BCUT2D eigenvalue weighted by Gasteiger charge is 2.04. The molecule has 0 saturated carbocycles. The summed E-state index contributed by atoms with van der Waals surface area (Å²) >= 11 is 12.1. The van der Waals surface area contributed by atoms with Crippen LogP contribution in [0.4, 0.5) is 11.6 Å². The Balaban J connectivity index is 1.92. The summed E-state index contributed by atoms with van der Waals surface area (Å²) in [6.45, 7) is 3.91. The van der Waals surface area contributed by atoms with E-state index in [2.05, 4.69) is 20.6 Å². The summed E-state index contributed by atoms with van der Waals surface area (Å²) in [7, 11) is 1.67. The Morgan fingerprint density at radius 2 is 1.74 bits per heavy atom. The third-order valence-electron chi connectivity index (χ3n) is 3.17. The fraction of sp³-hybridized carbons (Fsp3) is 0.375. The van der Waals surface area contributed by atoms with Gasteiger partial charge in [0.1, 0.15) is 17.5 Å². The van der Waals surface area contributed by atoms with E-state index in [9.17, 15) is 0 Å². The number of methoxy groups -OCH3 is 1. The Kier molecular flexibility index (Phi) is 6.89. The number of aryl methyl sites for hydroxylation is 1. The van der Waals surface area contributed by atoms with E-state index >= 15 is 0 Å². The number of halogens is 2. The lowest BCUT2D eigenvalue weighted by atomic mass is 10.1. The third-order valence-corrected chi connectivity index (χ3v) is 3.75. The molecular formula is C16H20Cl2N4O. The van der Waals surface area contributed by atoms with Crippen LogP contribution in [0.5, 0.6) is 0 Å². The summed E-state index contributed by atoms with van der Waals surface area (Å²) in [4.78, 5) is 8.72. The summed E-state index contributed by atoms with van der Waals surface area (Å²) in [6, 6.07) is 7.42. The molecule has 2 aromatic rings. The van der Waals surface area contributed by atoms with E-state index in [0.717, 1.165) is 30.2 Å². The van der Waals surface area contributed by atoms with Gasteiger partial charge in [0.05, 0.1) is 6.61 Å². The van der Waals surface area contributed by atoms with Crippen LogP contribution < -0.4 is 10.6 Å². The molecule has 0 saturated heterocycles. The maximum absolute atomic E-state index is 6.17. The molecule has 0 atom stereocenters. The zero-order chi connectivity index (χ0) is 16.7. The molecule has 0 aliphatic carbocycles. The number of hydrogen-bond acceptors (Lipinski definition) is 5. The van der Waals surface area contributed by atoms with E-state index in [-0.39, 0.29) is 0 Å². The minimum Gasteiger partial charge on any atom is -0.383 e. The van der Waals surface area contributed by atoms with Gasteiger partial charge in [0.2, 0.25) is 0 Å². The van der Waals surface area contributed by atoms with Crippen LogP contribution >= 0.6 is 23.2 Å². The minimum absolute atomic E-state index is 0.626. The van der Waals surface area contributed by atoms with Crippen LogP contribution in [-0.4, -0.2) is 36.8 Å². The number of nitrogens with zero attached hydrogens (tertiary/aromatic N) is 2. The Morgan fingerprint density at radius 3 is 2.39 bits per heavy atom. The van der Waals surface area contributed by atoms with Crippen LogP contribution in [0, 0.1) is 6.92 Å². The zero-order valence-electron chi connectivity index (χ0n) is 13.2. The average Bonchev–Trinajstić information content (AvgIpc) is 2.49. The molecule has 1 heterocycles. The normalized spacial score (nSPS) is 10.6. The number of nitrogens with one attached hydrogen (secondary N) is 2. The monoisotopic (exact) mass is 354 g/mol. The molecule has 1 aromatic heterocycles. The number of aromatic nitrogens is 2. The van der Waals surface area contributed by atoms with Gasteiger partial charge in [-0.2, -0.15) is 0 Å². The summed E-state index contributed by atoms with van der Waals surface area (Å²) in [5.41, 5.74) is 1.05. The van der Waals surface area contributed by atoms with Crippen LogP contribution in [-0.2, 0) is 11.2 Å². The fourth-order valence-electron chi connectivity index (χ4n) is 2.08. The lowest BCUT2D eigenvalue weighted by Gasteiger charge is -2.10. The number of rotatable bonds is 8. The van der Waals surface area contributed by atoms with Crippen molar-refractivity contribution in [1.29, 1.82) is 0 Å². The van der Waals surface area contributed by atoms with Gasteiger partial charge in [-0.15, -0.1) is 0 Å². The maximum Gasteiger partial charge on any atom is 0.131 e. The van der Waals surface area contributed by atoms with Gasteiger partial charge in [-0.3, -0.25) is 0 Å². The predicted octanol–water partition coefficient (Wildman–Crippen LogP) is 3.80. The first kappa shape index (κ1) is 17.8. The molecule has 0 aliphatic heterocycles. The molecule has 0 aliphatic rings. The van der Waals surface area contributed by atoms with Crippen molar-refractivity contribution in [2.75, 3.05) is 37.4 Å². The molecule has 2 rings (SSSR count). The molecule has 2 N–H and O–H groups in total. The molecule has 23 heavy (non-hydrogen) atoms. The van der Waals surface area contributed by atoms with Gasteiger partial charge in [-0.05, 0) is 31.0 Å². The van der Waals surface area contributed by atoms with Gasteiger partial charge in [-0.1, -0.05) is 29.3 Å². The first-order chi connectivity index (χ1) is 11.1. The molecular weight excluding hydrogens is 335 g/mol. The molecule has 0 fully saturated rings. The molecule has 0 radical (unpaired) electrons. The topological polar surface area (TPSA) is 59.1 Å². The minimum atomic E-state index is 0.626. The van der Waals surface area contributed by atoms with Gasteiger partial charge in [0, 0.05) is 36.3 Å². The zero-order valence-corrected chi connectivity index (χ0v) is 14.7. The number of hydrogen-bond donors (Lipinski definition) is 2. The largest absolute Gasteiger partial charge is 0.383 e. The van der Waals surface area contributed by atoms with Crippen molar-refractivity contribution in [3.05, 3.63) is 45.7 Å². The van der Waals surface area contributed by atoms with Crippen molar-refractivity contribution < 1.29 is 4.74 Å². The lowest BCUT2D eigenvalue weighted by Crippen LogP contribution is -2.12. The molecule has 124 valence electrons. The van der Waals surface area contributed by atoms with Crippen LogP contribution in [0.2, 0.25) is 10.0 Å². The third kappa shape index (κ3) is 5.86. The average molecular weight is 355 g/mol. The molecule has 0 amide bonds. The predicted molar refractivity (Wildman–Crippen MR) is 95.8 cm³/mol. The van der Waals surface area contributed by atoms with Crippen LogP contribution in [0.3, 0.4) is 0 Å². The summed E-state index contributed by atoms with van der Waals surface area (Å²) < 4.78 is 5.01. The summed E-state index contributed by atoms with van der Waals surface area (Å²) in [5, 5.41) is 7.82. The molecule has 0 spiro atoms. The highest BCUT2D eigenvalue weighted by atomic mass is 35.5. The Morgan fingerprint density at radius 1 is 1.04 bits per heavy atom. The first-order valence-corrected chi connectivity index (χ1v) is 8.10. The smallest absolute Gasteiger partial charge is 0.131 e. The standard InChI is InChI=1S/C16H20Cl2N4O/c1-11-21-15(10-16(22-11)20-7-8-23-2)19-6-5-12-3-4-13(17)9-14(12)18/h3-4,9-10H,5-8H2,1-2H3,(H2,19,20,21,22). The van der Waals surface area contributed by atoms with E-state index in [4.69, 9.17) is 27.9 Å². The van der Waals surface area contributed by atoms with Crippen molar-refractivity contribution in [2.24, 2.45) is 0 Å². The SMILES string of the molecule is COCCNc1cc(NCCc2ccc(Cl)cc2Cl)nc(C)n1. The molecule has 0 bridgehead atoms. The van der Waals surface area contributed by atoms with Crippen molar-refractivity contribution >= 4 is 34.8 Å².